The van der Waals surface area contributed by atoms with Crippen LogP contribution in [-0.4, -0.2) is 19.0 Å². The molecule has 16 heavy (non-hydrogen) atoms. The van der Waals surface area contributed by atoms with Crippen LogP contribution in [0.15, 0.2) is 24.3 Å². The van der Waals surface area contributed by atoms with E-state index >= 15 is 0 Å². The highest BCUT2D eigenvalue weighted by Gasteiger charge is 2.18. The molecule has 1 rings (SSSR count). The van der Waals surface area contributed by atoms with Gasteiger partial charge in [-0.15, -0.1) is 0 Å². The zero-order valence-corrected chi connectivity index (χ0v) is 10.6. The minimum Gasteiger partial charge on any atom is -0.354 e. The van der Waals surface area contributed by atoms with E-state index in [1.807, 2.05) is 36.5 Å². The Morgan fingerprint density at radius 3 is 2.69 bits per heavy atom. The average molecular weight is 242 g/mol. The summed E-state index contributed by atoms with van der Waals surface area (Å²) in [6.07, 6.45) is 0. The van der Waals surface area contributed by atoms with Crippen molar-refractivity contribution in [2.24, 2.45) is 0 Å². The largest absolute Gasteiger partial charge is 0.354 e. The van der Waals surface area contributed by atoms with Crippen molar-refractivity contribution in [3.05, 3.63) is 34.9 Å². The molecule has 0 aliphatic carbocycles. The van der Waals surface area contributed by atoms with Gasteiger partial charge in [0.15, 0.2) is 6.04 Å². The Morgan fingerprint density at radius 1 is 1.44 bits per heavy atom. The molecular formula is C12H18ClN2O+. The fraction of sp³-hybridized carbons (Fsp3) is 0.417. The van der Waals surface area contributed by atoms with E-state index in [9.17, 15) is 4.79 Å². The molecule has 3 nitrogen and oxygen atoms in total. The lowest BCUT2D eigenvalue weighted by molar-refractivity contribution is -0.710. The predicted octanol–water partition coefficient (Wildman–Crippen LogP) is 1.10. The summed E-state index contributed by atoms with van der Waals surface area (Å²) in [5.41, 5.74) is 1.13. The molecule has 0 aromatic heterocycles. The topological polar surface area (TPSA) is 45.7 Å². The second-order valence-corrected chi connectivity index (χ2v) is 4.38. The Bertz CT molecular complexity index is 368. The number of hydrogen-bond acceptors (Lipinski definition) is 1. The van der Waals surface area contributed by atoms with Crippen LogP contribution in [0.1, 0.15) is 25.5 Å². The smallest absolute Gasteiger partial charge is 0.277 e. The van der Waals surface area contributed by atoms with Crippen molar-refractivity contribution in [3.63, 3.8) is 0 Å². The number of carbonyl (C=O) groups excluding carboxylic acids is 1. The third kappa shape index (κ3) is 3.51. The third-order valence-electron chi connectivity index (χ3n) is 2.61. The van der Waals surface area contributed by atoms with Gasteiger partial charge in [0.2, 0.25) is 0 Å². The first-order chi connectivity index (χ1) is 7.54. The summed E-state index contributed by atoms with van der Waals surface area (Å²) in [6.45, 7) is 3.95. The summed E-state index contributed by atoms with van der Waals surface area (Å²) < 4.78 is 0. The third-order valence-corrected chi connectivity index (χ3v) is 2.85. The van der Waals surface area contributed by atoms with Crippen molar-refractivity contribution < 1.29 is 10.1 Å². The first kappa shape index (κ1) is 13.0. The van der Waals surface area contributed by atoms with Crippen LogP contribution in [-0.2, 0) is 4.79 Å². The van der Waals surface area contributed by atoms with E-state index in [4.69, 9.17) is 11.6 Å². The SMILES string of the molecule is CNC(=O)[C@H](C)[NH2+][C@H](C)c1cccc(Cl)c1. The molecular weight excluding hydrogens is 224 g/mol. The Hall–Kier alpha value is -1.06. The molecule has 2 atom stereocenters. The van der Waals surface area contributed by atoms with Crippen LogP contribution in [0.2, 0.25) is 5.02 Å². The summed E-state index contributed by atoms with van der Waals surface area (Å²) >= 11 is 5.92. The quantitative estimate of drug-likeness (QED) is 0.815. The highest BCUT2D eigenvalue weighted by atomic mass is 35.5. The van der Waals surface area contributed by atoms with Gasteiger partial charge in [-0.25, -0.2) is 0 Å². The molecule has 0 saturated heterocycles. The van der Waals surface area contributed by atoms with Gasteiger partial charge in [-0.1, -0.05) is 23.7 Å². The number of carbonyl (C=O) groups is 1. The van der Waals surface area contributed by atoms with Gasteiger partial charge in [-0.3, -0.25) is 4.79 Å². The van der Waals surface area contributed by atoms with Crippen molar-refractivity contribution in [3.8, 4) is 0 Å². The second-order valence-electron chi connectivity index (χ2n) is 3.94. The fourth-order valence-electron chi connectivity index (χ4n) is 1.65. The summed E-state index contributed by atoms with van der Waals surface area (Å²) in [7, 11) is 1.65. The van der Waals surface area contributed by atoms with E-state index in [1.54, 1.807) is 7.05 Å². The second kappa shape index (κ2) is 5.87. The Morgan fingerprint density at radius 2 is 2.12 bits per heavy atom. The molecule has 1 amide bonds. The van der Waals surface area contributed by atoms with Gasteiger partial charge >= 0.3 is 0 Å². The first-order valence-electron chi connectivity index (χ1n) is 5.36. The number of quaternary nitrogens is 1. The molecule has 0 radical (unpaired) electrons. The van der Waals surface area contributed by atoms with Gasteiger partial charge in [-0.05, 0) is 26.0 Å². The van der Waals surface area contributed by atoms with Gasteiger partial charge in [-0.2, -0.15) is 0 Å². The number of nitrogens with two attached hydrogens (primary N) is 1. The molecule has 4 heteroatoms. The molecule has 0 spiro atoms. The molecule has 1 aromatic rings. The monoisotopic (exact) mass is 241 g/mol. The molecule has 0 unspecified atom stereocenters. The van der Waals surface area contributed by atoms with E-state index in [-0.39, 0.29) is 18.0 Å². The normalized spacial score (nSPS) is 14.2. The molecule has 0 fully saturated rings. The summed E-state index contributed by atoms with van der Waals surface area (Å²) in [5, 5.41) is 5.38. The van der Waals surface area contributed by atoms with Crippen molar-refractivity contribution in [2.45, 2.75) is 25.9 Å². The van der Waals surface area contributed by atoms with E-state index in [2.05, 4.69) is 12.2 Å². The molecule has 0 aliphatic heterocycles. The maximum Gasteiger partial charge on any atom is 0.277 e. The van der Waals surface area contributed by atoms with Gasteiger partial charge in [0.05, 0.1) is 0 Å². The number of halogens is 1. The number of nitrogens with one attached hydrogen (secondary N) is 1. The maximum absolute atomic E-state index is 11.4. The standard InChI is InChI=1S/C12H17ClN2O/c1-8(15-9(2)12(16)14-3)10-5-4-6-11(13)7-10/h4-9,15H,1-3H3,(H,14,16)/p+1/t8-,9+/m1/s1. The lowest BCUT2D eigenvalue weighted by Crippen LogP contribution is -2.92. The van der Waals surface area contributed by atoms with E-state index < -0.39 is 0 Å². The molecule has 1 aromatic carbocycles. The molecule has 88 valence electrons. The highest BCUT2D eigenvalue weighted by molar-refractivity contribution is 6.30. The van der Waals surface area contributed by atoms with Gasteiger partial charge in [0.25, 0.3) is 5.91 Å². The lowest BCUT2D eigenvalue weighted by atomic mass is 10.1. The van der Waals surface area contributed by atoms with Crippen molar-refractivity contribution in [2.75, 3.05) is 7.05 Å². The molecule has 0 heterocycles. The van der Waals surface area contributed by atoms with Gasteiger partial charge in [0.1, 0.15) is 6.04 Å². The molecule has 0 bridgehead atoms. The number of likely N-dealkylation sites (N-methyl/N-ethyl adjacent to an activating group) is 1. The zero-order chi connectivity index (χ0) is 12.1. The number of hydrogen-bond donors (Lipinski definition) is 2. The Kier molecular flexibility index (Phi) is 4.77. The molecule has 0 aliphatic rings. The van der Waals surface area contributed by atoms with Crippen LogP contribution < -0.4 is 10.6 Å². The van der Waals surface area contributed by atoms with E-state index in [1.165, 1.54) is 0 Å². The predicted molar refractivity (Wildman–Crippen MR) is 65.3 cm³/mol. The number of rotatable bonds is 4. The minimum absolute atomic E-state index is 0.0360. The maximum atomic E-state index is 11.4. The minimum atomic E-state index is -0.0982. The van der Waals surface area contributed by atoms with Crippen LogP contribution >= 0.6 is 11.6 Å². The number of benzene rings is 1. The number of amides is 1. The Labute approximate surface area is 101 Å². The summed E-state index contributed by atoms with van der Waals surface area (Å²) in [5.74, 6) is 0.0360. The first-order valence-corrected chi connectivity index (χ1v) is 5.74. The van der Waals surface area contributed by atoms with Crippen molar-refractivity contribution in [1.29, 1.82) is 0 Å². The zero-order valence-electron chi connectivity index (χ0n) is 9.83. The molecule has 0 saturated carbocycles. The van der Waals surface area contributed by atoms with Crippen LogP contribution in [0.4, 0.5) is 0 Å². The average Bonchev–Trinajstić information content (AvgIpc) is 2.27. The van der Waals surface area contributed by atoms with Gasteiger partial charge in [0, 0.05) is 17.6 Å². The van der Waals surface area contributed by atoms with Crippen molar-refractivity contribution in [1.82, 2.24) is 5.32 Å². The summed E-state index contributed by atoms with van der Waals surface area (Å²) in [6, 6.07) is 7.83. The lowest BCUT2D eigenvalue weighted by Gasteiger charge is -2.16. The molecule has 3 N–H and O–H groups in total. The van der Waals surface area contributed by atoms with E-state index in [0.717, 1.165) is 10.6 Å². The highest BCUT2D eigenvalue weighted by Crippen LogP contribution is 2.14. The van der Waals surface area contributed by atoms with Crippen molar-refractivity contribution >= 4 is 17.5 Å². The van der Waals surface area contributed by atoms with Gasteiger partial charge < -0.3 is 10.6 Å². The van der Waals surface area contributed by atoms with Crippen LogP contribution in [0, 0.1) is 0 Å². The summed E-state index contributed by atoms with van der Waals surface area (Å²) in [4.78, 5) is 11.4. The van der Waals surface area contributed by atoms with Crippen LogP contribution in [0.5, 0.6) is 0 Å². The van der Waals surface area contributed by atoms with Crippen LogP contribution in [0.3, 0.4) is 0 Å². The van der Waals surface area contributed by atoms with E-state index in [0.29, 0.717) is 0 Å². The fourth-order valence-corrected chi connectivity index (χ4v) is 1.85. The Balaban J connectivity index is 2.65. The van der Waals surface area contributed by atoms with Crippen LogP contribution in [0.25, 0.3) is 0 Å².